The van der Waals surface area contributed by atoms with Crippen LogP contribution in [0.25, 0.3) is 33.1 Å². The van der Waals surface area contributed by atoms with Gasteiger partial charge in [-0.1, -0.05) is 23.4 Å². The maximum atomic E-state index is 5.42. The fourth-order valence-corrected chi connectivity index (χ4v) is 4.03. The number of benzene rings is 2. The SMILES string of the molecule is c1ccc2c(-c3ccc4nc5c(cc4c3)CCS5)noc2c1. The molecule has 1 aliphatic heterocycles. The standard InChI is InChI=1S/C18H12N2OS/c1-2-4-16-14(3-1)17(20-21-16)11-5-6-15-13(9-11)10-12-7-8-22-18(12)19-15/h1-6,9-10H,7-8H2. The van der Waals surface area contributed by atoms with E-state index in [1.807, 2.05) is 36.0 Å². The summed E-state index contributed by atoms with van der Waals surface area (Å²) in [4.78, 5) is 4.76. The number of aromatic nitrogens is 2. The molecule has 0 aliphatic carbocycles. The predicted octanol–water partition coefficient (Wildman–Crippen LogP) is 4.69. The second-order valence-corrected chi connectivity index (χ2v) is 6.57. The average molecular weight is 304 g/mol. The van der Waals surface area contributed by atoms with Crippen molar-refractivity contribution in [2.24, 2.45) is 0 Å². The minimum Gasteiger partial charge on any atom is -0.356 e. The molecule has 0 fully saturated rings. The molecule has 0 saturated heterocycles. The molecule has 0 amide bonds. The molecule has 4 heteroatoms. The van der Waals surface area contributed by atoms with Crippen molar-refractivity contribution in [1.29, 1.82) is 0 Å². The minimum absolute atomic E-state index is 0.820. The van der Waals surface area contributed by atoms with Crippen molar-refractivity contribution in [1.82, 2.24) is 10.1 Å². The van der Waals surface area contributed by atoms with Gasteiger partial charge in [-0.25, -0.2) is 4.98 Å². The maximum Gasteiger partial charge on any atom is 0.167 e. The Morgan fingerprint density at radius 3 is 3.00 bits per heavy atom. The Kier molecular flexibility index (Phi) is 2.55. The first-order valence-electron chi connectivity index (χ1n) is 7.30. The normalized spacial score (nSPS) is 13.8. The molecule has 0 atom stereocenters. The van der Waals surface area contributed by atoms with E-state index in [-0.39, 0.29) is 0 Å². The molecule has 0 N–H and O–H groups in total. The molecule has 1 aliphatic rings. The molecule has 4 aromatic rings. The predicted molar refractivity (Wildman–Crippen MR) is 89.2 cm³/mol. The lowest BCUT2D eigenvalue weighted by atomic mass is 10.0. The van der Waals surface area contributed by atoms with Crippen molar-refractivity contribution < 1.29 is 4.52 Å². The summed E-state index contributed by atoms with van der Waals surface area (Å²) >= 11 is 1.85. The fraction of sp³-hybridized carbons (Fsp3) is 0.111. The van der Waals surface area contributed by atoms with Gasteiger partial charge in [-0.3, -0.25) is 0 Å². The van der Waals surface area contributed by atoms with Gasteiger partial charge < -0.3 is 4.52 Å². The summed E-state index contributed by atoms with van der Waals surface area (Å²) in [6.45, 7) is 0. The van der Waals surface area contributed by atoms with Gasteiger partial charge in [0, 0.05) is 22.1 Å². The van der Waals surface area contributed by atoms with Crippen LogP contribution in [0.5, 0.6) is 0 Å². The number of rotatable bonds is 1. The van der Waals surface area contributed by atoms with Crippen LogP contribution in [0, 0.1) is 0 Å². The summed E-state index contributed by atoms with van der Waals surface area (Å²) < 4.78 is 5.42. The van der Waals surface area contributed by atoms with Crippen LogP contribution in [-0.2, 0) is 6.42 Å². The van der Waals surface area contributed by atoms with Crippen molar-refractivity contribution in [3.63, 3.8) is 0 Å². The topological polar surface area (TPSA) is 38.9 Å². The van der Waals surface area contributed by atoms with Crippen LogP contribution in [-0.4, -0.2) is 15.9 Å². The van der Waals surface area contributed by atoms with Crippen LogP contribution in [0.15, 0.2) is 58.1 Å². The van der Waals surface area contributed by atoms with Crippen molar-refractivity contribution in [3.05, 3.63) is 54.1 Å². The molecular formula is C18H12N2OS. The molecule has 3 nitrogen and oxygen atoms in total. The molecule has 0 spiro atoms. The zero-order chi connectivity index (χ0) is 14.5. The van der Waals surface area contributed by atoms with Crippen molar-refractivity contribution in [2.45, 2.75) is 11.4 Å². The van der Waals surface area contributed by atoms with Gasteiger partial charge in [0.05, 0.1) is 10.5 Å². The molecule has 2 aromatic carbocycles. The van der Waals surface area contributed by atoms with Gasteiger partial charge in [0.15, 0.2) is 5.58 Å². The lowest BCUT2D eigenvalue weighted by molar-refractivity contribution is 0.459. The Labute approximate surface area is 131 Å². The minimum atomic E-state index is 0.820. The highest BCUT2D eigenvalue weighted by molar-refractivity contribution is 7.99. The Balaban J connectivity index is 1.73. The van der Waals surface area contributed by atoms with E-state index in [1.165, 1.54) is 16.0 Å². The van der Waals surface area contributed by atoms with Crippen molar-refractivity contribution >= 4 is 33.6 Å². The van der Waals surface area contributed by atoms with Gasteiger partial charge in [0.25, 0.3) is 0 Å². The van der Waals surface area contributed by atoms with E-state index in [1.54, 1.807) is 0 Å². The molecule has 106 valence electrons. The van der Waals surface area contributed by atoms with Gasteiger partial charge in [-0.2, -0.15) is 0 Å². The second-order valence-electron chi connectivity index (χ2n) is 5.49. The summed E-state index contributed by atoms with van der Waals surface area (Å²) in [5.41, 5.74) is 5.20. The zero-order valence-electron chi connectivity index (χ0n) is 11.7. The Hall–Kier alpha value is -2.33. The summed E-state index contributed by atoms with van der Waals surface area (Å²) in [6, 6.07) is 16.5. The maximum absolute atomic E-state index is 5.42. The van der Waals surface area contributed by atoms with E-state index in [4.69, 9.17) is 9.51 Å². The molecule has 0 radical (unpaired) electrons. The van der Waals surface area contributed by atoms with Crippen molar-refractivity contribution in [3.8, 4) is 11.3 Å². The molecule has 0 bridgehead atoms. The summed E-state index contributed by atoms with van der Waals surface area (Å²) in [5.74, 6) is 1.14. The molecule has 5 rings (SSSR count). The number of hydrogen-bond acceptors (Lipinski definition) is 4. The highest BCUT2D eigenvalue weighted by Crippen LogP contribution is 2.34. The number of thioether (sulfide) groups is 1. The van der Waals surface area contributed by atoms with E-state index >= 15 is 0 Å². The third kappa shape index (κ3) is 1.77. The monoisotopic (exact) mass is 304 g/mol. The van der Waals surface area contributed by atoms with Crippen LogP contribution >= 0.6 is 11.8 Å². The average Bonchev–Trinajstić information content (AvgIpc) is 3.18. The van der Waals surface area contributed by atoms with Crippen LogP contribution in [0.2, 0.25) is 0 Å². The lowest BCUT2D eigenvalue weighted by Crippen LogP contribution is -1.87. The first-order chi connectivity index (χ1) is 10.9. The van der Waals surface area contributed by atoms with Crippen LogP contribution < -0.4 is 0 Å². The van der Waals surface area contributed by atoms with E-state index in [0.29, 0.717) is 0 Å². The highest BCUT2D eigenvalue weighted by atomic mass is 32.2. The van der Waals surface area contributed by atoms with Crippen LogP contribution in [0.1, 0.15) is 5.56 Å². The molecule has 0 unspecified atom stereocenters. The van der Waals surface area contributed by atoms with Crippen LogP contribution in [0.3, 0.4) is 0 Å². The molecule has 0 saturated carbocycles. The largest absolute Gasteiger partial charge is 0.356 e. The van der Waals surface area contributed by atoms with Gasteiger partial charge >= 0.3 is 0 Å². The number of para-hydroxylation sites is 1. The molecule has 2 aromatic heterocycles. The van der Waals surface area contributed by atoms with E-state index in [9.17, 15) is 0 Å². The molecular weight excluding hydrogens is 292 g/mol. The summed E-state index contributed by atoms with van der Waals surface area (Å²) in [7, 11) is 0. The second kappa shape index (κ2) is 4.58. The Morgan fingerprint density at radius 1 is 1.05 bits per heavy atom. The number of hydrogen-bond donors (Lipinski definition) is 0. The zero-order valence-corrected chi connectivity index (χ0v) is 12.6. The van der Waals surface area contributed by atoms with E-state index < -0.39 is 0 Å². The number of pyridine rings is 1. The van der Waals surface area contributed by atoms with Gasteiger partial charge in [0.2, 0.25) is 0 Å². The van der Waals surface area contributed by atoms with Gasteiger partial charge in [-0.15, -0.1) is 11.8 Å². The third-order valence-corrected chi connectivity index (χ3v) is 5.15. The Bertz CT molecular complexity index is 1020. The number of nitrogens with zero attached hydrogens (tertiary/aromatic N) is 2. The molecule has 3 heterocycles. The van der Waals surface area contributed by atoms with Crippen LogP contribution in [0.4, 0.5) is 0 Å². The first-order valence-corrected chi connectivity index (χ1v) is 8.28. The molecule has 22 heavy (non-hydrogen) atoms. The summed E-state index contributed by atoms with van der Waals surface area (Å²) in [5, 5.41) is 7.65. The highest BCUT2D eigenvalue weighted by Gasteiger charge is 2.15. The lowest BCUT2D eigenvalue weighted by Gasteiger charge is -2.04. The van der Waals surface area contributed by atoms with E-state index in [2.05, 4.69) is 29.4 Å². The number of fused-ring (bicyclic) bond motifs is 3. The van der Waals surface area contributed by atoms with Gasteiger partial charge in [-0.05, 0) is 42.3 Å². The first kappa shape index (κ1) is 12.2. The smallest absolute Gasteiger partial charge is 0.167 e. The van der Waals surface area contributed by atoms with Crippen molar-refractivity contribution in [2.75, 3.05) is 5.75 Å². The third-order valence-electron chi connectivity index (χ3n) is 4.12. The van der Waals surface area contributed by atoms with E-state index in [0.717, 1.165) is 39.9 Å². The quantitative estimate of drug-likeness (QED) is 0.511. The fourth-order valence-electron chi connectivity index (χ4n) is 3.01. The number of aryl methyl sites for hydroxylation is 1. The summed E-state index contributed by atoms with van der Waals surface area (Å²) in [6.07, 6.45) is 1.11. The Morgan fingerprint density at radius 2 is 2.00 bits per heavy atom. The van der Waals surface area contributed by atoms with Gasteiger partial charge in [0.1, 0.15) is 5.69 Å².